The number of alkyl halides is 3. The molecule has 0 bridgehead atoms. The minimum absolute atomic E-state index is 0.206. The second-order valence-electron chi connectivity index (χ2n) is 6.01. The number of imidazole rings is 1. The molecule has 3 rings (SSSR count). The Kier molecular flexibility index (Phi) is 4.60. The number of hydrogen-bond donors (Lipinski definition) is 1. The molecular formula is C17H16ClF3N4. The van der Waals surface area contributed by atoms with Crippen LogP contribution >= 0.6 is 11.6 Å². The number of nitrogens with zero attached hydrogens (tertiary/aromatic N) is 3. The Hall–Kier alpha value is -2.28. The lowest BCUT2D eigenvalue weighted by Crippen LogP contribution is -2.08. The number of aromatic nitrogens is 3. The number of halogens is 4. The standard InChI is InChI=1S/C17H16ClF3N4/c1-10(2)14-9-23-16-13(7-15(18)24-25(14)16)22-8-11-4-3-5-12(6-11)17(19,20)21/h3-7,9-10,22H,8H2,1-2H3. The van der Waals surface area contributed by atoms with Crippen molar-refractivity contribution in [1.82, 2.24) is 14.6 Å². The van der Waals surface area contributed by atoms with E-state index in [4.69, 9.17) is 11.6 Å². The first-order valence-corrected chi connectivity index (χ1v) is 8.07. The zero-order valence-corrected chi connectivity index (χ0v) is 14.4. The lowest BCUT2D eigenvalue weighted by molar-refractivity contribution is -0.137. The van der Waals surface area contributed by atoms with Crippen molar-refractivity contribution in [3.05, 3.63) is 58.5 Å². The Bertz CT molecular complexity index is 903. The van der Waals surface area contributed by atoms with Gasteiger partial charge in [-0.3, -0.25) is 0 Å². The number of benzene rings is 1. The fourth-order valence-electron chi connectivity index (χ4n) is 2.53. The molecule has 4 nitrogen and oxygen atoms in total. The van der Waals surface area contributed by atoms with Gasteiger partial charge < -0.3 is 5.32 Å². The van der Waals surface area contributed by atoms with Gasteiger partial charge in [0.1, 0.15) is 0 Å². The van der Waals surface area contributed by atoms with Crippen LogP contribution in [0.1, 0.15) is 36.6 Å². The molecule has 8 heteroatoms. The van der Waals surface area contributed by atoms with Gasteiger partial charge in [-0.2, -0.15) is 18.3 Å². The van der Waals surface area contributed by atoms with Crippen molar-refractivity contribution in [2.24, 2.45) is 0 Å². The Balaban J connectivity index is 1.89. The van der Waals surface area contributed by atoms with Crippen LogP contribution in [0.2, 0.25) is 5.15 Å². The van der Waals surface area contributed by atoms with Crippen LogP contribution in [0.4, 0.5) is 18.9 Å². The SMILES string of the molecule is CC(C)c1cnc2c(NCc3cccc(C(F)(F)F)c3)cc(Cl)nn12. The van der Waals surface area contributed by atoms with Gasteiger partial charge in [0.05, 0.1) is 23.1 Å². The second kappa shape index (κ2) is 6.55. The highest BCUT2D eigenvalue weighted by atomic mass is 35.5. The Morgan fingerprint density at radius 3 is 2.68 bits per heavy atom. The summed E-state index contributed by atoms with van der Waals surface area (Å²) in [4.78, 5) is 4.35. The van der Waals surface area contributed by atoms with Gasteiger partial charge in [0.25, 0.3) is 0 Å². The van der Waals surface area contributed by atoms with E-state index in [1.807, 2.05) is 13.8 Å². The van der Waals surface area contributed by atoms with Crippen LogP contribution in [0.15, 0.2) is 36.5 Å². The minimum atomic E-state index is -4.36. The number of hydrogen-bond acceptors (Lipinski definition) is 3. The summed E-state index contributed by atoms with van der Waals surface area (Å²) in [7, 11) is 0. The van der Waals surface area contributed by atoms with Gasteiger partial charge in [0, 0.05) is 12.6 Å². The zero-order chi connectivity index (χ0) is 18.2. The lowest BCUT2D eigenvalue weighted by atomic mass is 10.1. The van der Waals surface area contributed by atoms with Crippen LogP contribution in [-0.2, 0) is 12.7 Å². The van der Waals surface area contributed by atoms with E-state index >= 15 is 0 Å². The van der Waals surface area contributed by atoms with Gasteiger partial charge in [-0.15, -0.1) is 0 Å². The average molecular weight is 369 g/mol. The largest absolute Gasteiger partial charge is 0.416 e. The van der Waals surface area contributed by atoms with E-state index in [0.717, 1.165) is 17.8 Å². The normalized spacial score (nSPS) is 12.1. The predicted octanol–water partition coefficient (Wildman–Crippen LogP) is 5.14. The van der Waals surface area contributed by atoms with E-state index in [2.05, 4.69) is 15.4 Å². The van der Waals surface area contributed by atoms with Gasteiger partial charge in [0.2, 0.25) is 0 Å². The fourth-order valence-corrected chi connectivity index (χ4v) is 2.72. The maximum Gasteiger partial charge on any atom is 0.416 e. The summed E-state index contributed by atoms with van der Waals surface area (Å²) in [5, 5.41) is 7.63. The molecule has 132 valence electrons. The highest BCUT2D eigenvalue weighted by molar-refractivity contribution is 6.29. The van der Waals surface area contributed by atoms with E-state index in [-0.39, 0.29) is 17.6 Å². The molecule has 0 amide bonds. The Labute approximate surface area is 147 Å². The van der Waals surface area contributed by atoms with Gasteiger partial charge >= 0.3 is 6.18 Å². The first-order valence-electron chi connectivity index (χ1n) is 7.70. The first-order chi connectivity index (χ1) is 11.8. The number of nitrogens with one attached hydrogen (secondary N) is 1. The van der Waals surface area contributed by atoms with E-state index in [9.17, 15) is 13.2 Å². The summed E-state index contributed by atoms with van der Waals surface area (Å²) in [5.74, 6) is 0.206. The molecule has 3 aromatic rings. The van der Waals surface area contributed by atoms with E-state index in [1.54, 1.807) is 22.8 Å². The van der Waals surface area contributed by atoms with Crippen molar-refractivity contribution in [2.75, 3.05) is 5.32 Å². The van der Waals surface area contributed by atoms with Crippen LogP contribution in [0, 0.1) is 0 Å². The first kappa shape index (κ1) is 17.5. The monoisotopic (exact) mass is 368 g/mol. The molecule has 1 N–H and O–H groups in total. The molecule has 0 unspecified atom stereocenters. The molecule has 0 saturated carbocycles. The summed E-state index contributed by atoms with van der Waals surface area (Å²) >= 11 is 6.08. The van der Waals surface area contributed by atoms with Crippen LogP contribution in [0.3, 0.4) is 0 Å². The van der Waals surface area contributed by atoms with Gasteiger partial charge in [0.15, 0.2) is 10.8 Å². The predicted molar refractivity (Wildman–Crippen MR) is 90.9 cm³/mol. The molecule has 0 fully saturated rings. The van der Waals surface area contributed by atoms with Gasteiger partial charge in [-0.05, 0) is 23.6 Å². The second-order valence-corrected chi connectivity index (χ2v) is 6.39. The van der Waals surface area contributed by atoms with Crippen LogP contribution in [0.5, 0.6) is 0 Å². The molecule has 0 aliphatic carbocycles. The highest BCUT2D eigenvalue weighted by Crippen LogP contribution is 2.30. The topological polar surface area (TPSA) is 42.2 Å². The van der Waals surface area contributed by atoms with Gasteiger partial charge in [-0.1, -0.05) is 37.6 Å². The molecule has 2 aromatic heterocycles. The number of fused-ring (bicyclic) bond motifs is 1. The minimum Gasteiger partial charge on any atom is -0.378 e. The van der Waals surface area contributed by atoms with E-state index < -0.39 is 11.7 Å². The maximum absolute atomic E-state index is 12.8. The van der Waals surface area contributed by atoms with Crippen molar-refractivity contribution >= 4 is 22.9 Å². The zero-order valence-electron chi connectivity index (χ0n) is 13.6. The van der Waals surface area contributed by atoms with Crippen molar-refractivity contribution < 1.29 is 13.2 Å². The summed E-state index contributed by atoms with van der Waals surface area (Å²) in [5.41, 5.74) is 1.94. The number of anilines is 1. The van der Waals surface area contributed by atoms with Crippen LogP contribution < -0.4 is 5.32 Å². The molecule has 0 atom stereocenters. The van der Waals surface area contributed by atoms with Crippen molar-refractivity contribution in [3.8, 4) is 0 Å². The van der Waals surface area contributed by atoms with E-state index in [1.165, 1.54) is 6.07 Å². The smallest absolute Gasteiger partial charge is 0.378 e. The molecule has 0 aliphatic rings. The molecule has 1 aromatic carbocycles. The van der Waals surface area contributed by atoms with Crippen molar-refractivity contribution in [1.29, 1.82) is 0 Å². The maximum atomic E-state index is 12.8. The van der Waals surface area contributed by atoms with Crippen LogP contribution in [-0.4, -0.2) is 14.6 Å². The third-order valence-corrected chi connectivity index (χ3v) is 3.98. The molecule has 0 radical (unpaired) electrons. The average Bonchev–Trinajstić information content (AvgIpc) is 2.96. The molecule has 25 heavy (non-hydrogen) atoms. The van der Waals surface area contributed by atoms with Crippen molar-refractivity contribution in [2.45, 2.75) is 32.5 Å². The van der Waals surface area contributed by atoms with Gasteiger partial charge in [-0.25, -0.2) is 9.50 Å². The quantitative estimate of drug-likeness (QED) is 0.693. The highest BCUT2D eigenvalue weighted by Gasteiger charge is 2.30. The summed E-state index contributed by atoms with van der Waals surface area (Å²) in [6.07, 6.45) is -2.64. The molecular weight excluding hydrogens is 353 g/mol. The third-order valence-electron chi connectivity index (χ3n) is 3.79. The lowest BCUT2D eigenvalue weighted by Gasteiger charge is -2.12. The van der Waals surface area contributed by atoms with Crippen LogP contribution in [0.25, 0.3) is 5.65 Å². The third kappa shape index (κ3) is 3.71. The molecule has 0 spiro atoms. The number of rotatable bonds is 4. The summed E-state index contributed by atoms with van der Waals surface area (Å²) < 4.78 is 40.1. The molecule has 0 aliphatic heterocycles. The molecule has 2 heterocycles. The Morgan fingerprint density at radius 2 is 2.00 bits per heavy atom. The molecule has 0 saturated heterocycles. The van der Waals surface area contributed by atoms with E-state index in [0.29, 0.717) is 16.9 Å². The Morgan fingerprint density at radius 1 is 1.24 bits per heavy atom. The summed E-state index contributed by atoms with van der Waals surface area (Å²) in [6, 6.07) is 6.81. The fraction of sp³-hybridized carbons (Fsp3) is 0.294. The summed E-state index contributed by atoms with van der Waals surface area (Å²) in [6.45, 7) is 4.24. The van der Waals surface area contributed by atoms with Crippen molar-refractivity contribution in [3.63, 3.8) is 0 Å².